The number of carbonyl (C=O) groups is 2. The lowest BCUT2D eigenvalue weighted by Crippen LogP contribution is -2.14. The van der Waals surface area contributed by atoms with Crippen LogP contribution in [0.2, 0.25) is 5.02 Å². The van der Waals surface area contributed by atoms with Gasteiger partial charge in [0.2, 0.25) is 11.8 Å². The molecule has 0 spiro atoms. The lowest BCUT2D eigenvalue weighted by molar-refractivity contribution is -0.114. The molecule has 0 bridgehead atoms. The summed E-state index contributed by atoms with van der Waals surface area (Å²) in [7, 11) is 1.53. The first-order chi connectivity index (χ1) is 16.5. The molecule has 3 aromatic carbocycles. The van der Waals surface area contributed by atoms with Gasteiger partial charge < -0.3 is 15.4 Å². The first-order valence-electron chi connectivity index (χ1n) is 10.2. The third-order valence-electron chi connectivity index (χ3n) is 4.63. The summed E-state index contributed by atoms with van der Waals surface area (Å²) >= 11 is 8.82. The molecule has 4 rings (SSSR count). The normalized spacial score (nSPS) is 11.0. The summed E-state index contributed by atoms with van der Waals surface area (Å²) < 4.78 is 6.94. The maximum absolute atomic E-state index is 12.4. The number of methoxy groups -OCH3 is 1. The van der Waals surface area contributed by atoms with Crippen LogP contribution in [0.5, 0.6) is 5.75 Å². The van der Waals surface area contributed by atoms with E-state index in [0.29, 0.717) is 22.1 Å². The predicted octanol–water partition coefficient (Wildman–Crippen LogP) is 6.34. The Morgan fingerprint density at radius 3 is 2.71 bits per heavy atom. The predicted molar refractivity (Wildman–Crippen MR) is 141 cm³/mol. The molecule has 1 aromatic heterocycles. The maximum atomic E-state index is 12.4. The van der Waals surface area contributed by atoms with E-state index < -0.39 is 0 Å². The average Bonchev–Trinajstić information content (AvgIpc) is 3.24. The zero-order valence-corrected chi connectivity index (χ0v) is 20.5. The average molecular weight is 510 g/mol. The monoisotopic (exact) mass is 509 g/mol. The minimum absolute atomic E-state index is 0.184. The zero-order chi connectivity index (χ0) is 23.9. The van der Waals surface area contributed by atoms with E-state index in [1.165, 1.54) is 36.3 Å². The Hall–Kier alpha value is -3.33. The molecule has 4 aromatic rings. The van der Waals surface area contributed by atoms with Gasteiger partial charge in [0, 0.05) is 16.8 Å². The van der Waals surface area contributed by atoms with Gasteiger partial charge in [0.1, 0.15) is 5.75 Å². The van der Waals surface area contributed by atoms with Crippen LogP contribution < -0.4 is 15.4 Å². The third kappa shape index (κ3) is 6.38. The minimum atomic E-state index is -0.213. The van der Waals surface area contributed by atoms with Gasteiger partial charge in [-0.05, 0) is 48.0 Å². The van der Waals surface area contributed by atoms with Gasteiger partial charge in [0.05, 0.1) is 28.8 Å². The summed E-state index contributed by atoms with van der Waals surface area (Å²) in [5, 5.41) is 6.19. The number of hydrogen-bond acceptors (Lipinski definition) is 6. The Morgan fingerprint density at radius 2 is 1.91 bits per heavy atom. The van der Waals surface area contributed by atoms with E-state index >= 15 is 0 Å². The standard InChI is InChI=1S/C25H20ClN3O3S2/c1-32-21-11-8-17(26)13-20(21)28-24(31)15-33-25-29-19-10-9-18(14-22(19)34-25)27-23(30)12-7-16-5-3-2-4-6-16/h2-14H,15H2,1H3,(H,27,30)(H,28,31). The van der Waals surface area contributed by atoms with Crippen molar-refractivity contribution in [3.05, 3.63) is 83.4 Å². The molecule has 0 saturated carbocycles. The molecule has 0 unspecified atom stereocenters. The maximum Gasteiger partial charge on any atom is 0.248 e. The SMILES string of the molecule is COc1ccc(Cl)cc1NC(=O)CSc1nc2ccc(NC(=O)C=Cc3ccccc3)cc2s1. The van der Waals surface area contributed by atoms with Crippen molar-refractivity contribution in [3.8, 4) is 5.75 Å². The van der Waals surface area contributed by atoms with Crippen molar-refractivity contribution < 1.29 is 14.3 Å². The second kappa shape index (κ2) is 11.2. The van der Waals surface area contributed by atoms with Crippen molar-refractivity contribution in [3.63, 3.8) is 0 Å². The molecule has 6 nitrogen and oxygen atoms in total. The van der Waals surface area contributed by atoms with E-state index in [-0.39, 0.29) is 17.6 Å². The van der Waals surface area contributed by atoms with Crippen LogP contribution in [0.3, 0.4) is 0 Å². The second-order valence-corrected chi connectivity index (χ2v) is 9.77. The second-order valence-electron chi connectivity index (χ2n) is 7.08. The lowest BCUT2D eigenvalue weighted by atomic mass is 10.2. The molecule has 2 N–H and O–H groups in total. The largest absolute Gasteiger partial charge is 0.495 e. The summed E-state index contributed by atoms with van der Waals surface area (Å²) in [6, 6.07) is 20.2. The van der Waals surface area contributed by atoms with Crippen LogP contribution in [0.15, 0.2) is 77.1 Å². The number of ether oxygens (including phenoxy) is 1. The first-order valence-corrected chi connectivity index (χ1v) is 12.4. The number of halogens is 1. The van der Waals surface area contributed by atoms with Crippen LogP contribution >= 0.6 is 34.7 Å². The number of benzene rings is 3. The number of aromatic nitrogens is 1. The van der Waals surface area contributed by atoms with Crippen LogP contribution in [0.25, 0.3) is 16.3 Å². The van der Waals surface area contributed by atoms with Crippen molar-refractivity contribution in [2.24, 2.45) is 0 Å². The lowest BCUT2D eigenvalue weighted by Gasteiger charge is -2.10. The molecule has 34 heavy (non-hydrogen) atoms. The van der Waals surface area contributed by atoms with E-state index in [1.54, 1.807) is 24.3 Å². The highest BCUT2D eigenvalue weighted by atomic mass is 35.5. The van der Waals surface area contributed by atoms with E-state index in [1.807, 2.05) is 48.5 Å². The number of hydrogen-bond donors (Lipinski definition) is 2. The number of amides is 2. The number of thiazole rings is 1. The van der Waals surface area contributed by atoms with Crippen LogP contribution in [-0.4, -0.2) is 29.7 Å². The smallest absolute Gasteiger partial charge is 0.248 e. The first kappa shape index (κ1) is 23.8. The molecular weight excluding hydrogens is 490 g/mol. The fourth-order valence-corrected chi connectivity index (χ4v) is 5.13. The van der Waals surface area contributed by atoms with Crippen molar-refractivity contribution >= 4 is 74.2 Å². The summed E-state index contributed by atoms with van der Waals surface area (Å²) in [4.78, 5) is 29.2. The molecule has 0 aliphatic heterocycles. The van der Waals surface area contributed by atoms with Crippen molar-refractivity contribution in [1.82, 2.24) is 4.98 Å². The number of nitrogens with one attached hydrogen (secondary N) is 2. The van der Waals surface area contributed by atoms with Gasteiger partial charge in [0.25, 0.3) is 0 Å². The van der Waals surface area contributed by atoms with E-state index in [9.17, 15) is 9.59 Å². The van der Waals surface area contributed by atoms with Crippen molar-refractivity contribution in [2.45, 2.75) is 4.34 Å². The quantitative estimate of drug-likeness (QED) is 0.214. The van der Waals surface area contributed by atoms with Crippen LogP contribution in [-0.2, 0) is 9.59 Å². The molecule has 1 heterocycles. The molecule has 0 fully saturated rings. The number of rotatable bonds is 8. The van der Waals surface area contributed by atoms with Gasteiger partial charge in [-0.25, -0.2) is 4.98 Å². The molecule has 2 amide bonds. The number of carbonyl (C=O) groups excluding carboxylic acids is 2. The molecule has 0 saturated heterocycles. The van der Waals surface area contributed by atoms with Gasteiger partial charge >= 0.3 is 0 Å². The number of thioether (sulfide) groups is 1. The summed E-state index contributed by atoms with van der Waals surface area (Å²) in [6.45, 7) is 0. The Kier molecular flexibility index (Phi) is 7.84. The highest BCUT2D eigenvalue weighted by Crippen LogP contribution is 2.32. The van der Waals surface area contributed by atoms with E-state index in [2.05, 4.69) is 15.6 Å². The van der Waals surface area contributed by atoms with Crippen LogP contribution in [0, 0.1) is 0 Å². The van der Waals surface area contributed by atoms with Gasteiger partial charge in [0.15, 0.2) is 4.34 Å². The van der Waals surface area contributed by atoms with E-state index in [4.69, 9.17) is 16.3 Å². The zero-order valence-electron chi connectivity index (χ0n) is 18.1. The molecule has 0 radical (unpaired) electrons. The van der Waals surface area contributed by atoms with Crippen molar-refractivity contribution in [2.75, 3.05) is 23.5 Å². The fourth-order valence-electron chi connectivity index (χ4n) is 3.05. The summed E-state index contributed by atoms with van der Waals surface area (Å²) in [5.41, 5.74) is 2.96. The Balaban J connectivity index is 1.35. The van der Waals surface area contributed by atoms with Gasteiger partial charge in [-0.3, -0.25) is 9.59 Å². The third-order valence-corrected chi connectivity index (χ3v) is 7.02. The minimum Gasteiger partial charge on any atom is -0.495 e. The highest BCUT2D eigenvalue weighted by molar-refractivity contribution is 8.01. The number of anilines is 2. The molecule has 0 aliphatic rings. The topological polar surface area (TPSA) is 80.3 Å². The highest BCUT2D eigenvalue weighted by Gasteiger charge is 2.12. The molecule has 9 heteroatoms. The van der Waals surface area contributed by atoms with Crippen LogP contribution in [0.4, 0.5) is 11.4 Å². The van der Waals surface area contributed by atoms with Gasteiger partial charge in [-0.1, -0.05) is 53.7 Å². The van der Waals surface area contributed by atoms with Gasteiger partial charge in [-0.15, -0.1) is 11.3 Å². The fraction of sp³-hybridized carbons (Fsp3) is 0.0800. The Bertz CT molecular complexity index is 1360. The van der Waals surface area contributed by atoms with Crippen LogP contribution in [0.1, 0.15) is 5.56 Å². The molecule has 0 atom stereocenters. The molecule has 0 aliphatic carbocycles. The Morgan fingerprint density at radius 1 is 1.09 bits per heavy atom. The number of nitrogens with zero attached hydrogens (tertiary/aromatic N) is 1. The van der Waals surface area contributed by atoms with Gasteiger partial charge in [-0.2, -0.15) is 0 Å². The number of fused-ring (bicyclic) bond motifs is 1. The van der Waals surface area contributed by atoms with E-state index in [0.717, 1.165) is 20.1 Å². The molecular formula is C25H20ClN3O3S2. The molecule has 172 valence electrons. The summed E-state index contributed by atoms with van der Waals surface area (Å²) in [6.07, 6.45) is 3.26. The summed E-state index contributed by atoms with van der Waals surface area (Å²) in [5.74, 6) is 0.318. The Labute approximate surface area is 210 Å². The van der Waals surface area contributed by atoms with Crippen molar-refractivity contribution in [1.29, 1.82) is 0 Å².